The summed E-state index contributed by atoms with van der Waals surface area (Å²) in [5, 5.41) is 34.0. The average molecular weight is 155 g/mol. The minimum atomic E-state index is -1.11. The first-order valence-corrected chi connectivity index (χ1v) is 2.68. The first-order valence-electron chi connectivity index (χ1n) is 2.68. The largest absolute Gasteiger partial charge is 1.00 e. The van der Waals surface area contributed by atoms with E-state index in [1.165, 1.54) is 0 Å². The zero-order chi connectivity index (χ0) is 7.33. The topological polar surface area (TPSA) is 80.9 Å². The van der Waals surface area contributed by atoms with Crippen LogP contribution in [0, 0.1) is 5.41 Å². The van der Waals surface area contributed by atoms with E-state index in [1.54, 1.807) is 0 Å². The molecule has 0 aromatic carbocycles. The van der Waals surface area contributed by atoms with Gasteiger partial charge in [0.25, 0.3) is 0 Å². The maximum absolute atomic E-state index is 8.50. The van der Waals surface area contributed by atoms with Crippen LogP contribution in [0.5, 0.6) is 0 Å². The first kappa shape index (κ1) is 12.4. The van der Waals surface area contributed by atoms with Gasteiger partial charge in [-0.1, -0.05) is 0 Å². The van der Waals surface area contributed by atoms with Gasteiger partial charge in [-0.05, 0) is 0 Å². The molecule has 0 spiro atoms. The maximum Gasteiger partial charge on any atom is 0.0627 e. The molecule has 0 bridgehead atoms. The van der Waals surface area contributed by atoms with Gasteiger partial charge >= 0.3 is 0 Å². The third-order valence-corrected chi connectivity index (χ3v) is 1.34. The lowest BCUT2D eigenvalue weighted by atomic mass is 9.93. The molecule has 5 heteroatoms. The minimum absolute atomic E-state index is 0. The summed E-state index contributed by atoms with van der Waals surface area (Å²) in [5.74, 6) is 0. The van der Waals surface area contributed by atoms with Gasteiger partial charge in [-0.3, -0.25) is 0 Å². The number of rotatable bonds is 4. The molecular weight excluding hydrogens is 143 g/mol. The molecule has 0 aliphatic carbocycles. The van der Waals surface area contributed by atoms with Crippen LogP contribution in [0.15, 0.2) is 0 Å². The van der Waals surface area contributed by atoms with E-state index >= 15 is 0 Å². The van der Waals surface area contributed by atoms with E-state index in [9.17, 15) is 0 Å². The van der Waals surface area contributed by atoms with Gasteiger partial charge in [0.2, 0.25) is 0 Å². The molecule has 64 valence electrons. The third-order valence-electron chi connectivity index (χ3n) is 1.34. The molecule has 0 rings (SSSR count). The smallest absolute Gasteiger partial charge is 0.0627 e. The lowest BCUT2D eigenvalue weighted by molar-refractivity contribution is -0.0328. The zero-order valence-electron chi connectivity index (χ0n) is 5.50. The zero-order valence-corrected chi connectivity index (χ0v) is 5.50. The van der Waals surface area contributed by atoms with Crippen molar-refractivity contribution in [2.45, 2.75) is 0 Å². The van der Waals surface area contributed by atoms with Crippen LogP contribution in [0.3, 0.4) is 0 Å². The van der Waals surface area contributed by atoms with Crippen LogP contribution < -0.4 is 4.70 Å². The van der Waals surface area contributed by atoms with E-state index < -0.39 is 31.8 Å². The van der Waals surface area contributed by atoms with Crippen LogP contribution in [0.4, 0.5) is 0 Å². The van der Waals surface area contributed by atoms with Crippen molar-refractivity contribution in [1.82, 2.24) is 0 Å². The molecule has 4 nitrogen and oxygen atoms in total. The average Bonchev–Trinajstić information content (AvgIpc) is 1.95. The molecule has 0 heterocycles. The van der Waals surface area contributed by atoms with Crippen molar-refractivity contribution < 1.29 is 25.1 Å². The Balaban J connectivity index is 0. The summed E-state index contributed by atoms with van der Waals surface area (Å²) < 4.78 is 0. The predicted molar refractivity (Wildman–Crippen MR) is 30.8 cm³/mol. The summed E-state index contributed by atoms with van der Waals surface area (Å²) in [4.78, 5) is 0. The van der Waals surface area contributed by atoms with E-state index in [2.05, 4.69) is 0 Å². The van der Waals surface area contributed by atoms with Crippen LogP contribution in [0.25, 0.3) is 0 Å². The molecule has 0 fully saturated rings. The van der Waals surface area contributed by atoms with Crippen molar-refractivity contribution in [3.05, 3.63) is 0 Å². The third kappa shape index (κ3) is 2.57. The van der Waals surface area contributed by atoms with Gasteiger partial charge in [0, 0.05) is 0 Å². The molecule has 0 radical (unpaired) electrons. The molecule has 4 N–H and O–H groups in total. The number of hydrogen-bond acceptors (Lipinski definition) is 4. The van der Waals surface area contributed by atoms with Crippen molar-refractivity contribution >= 4 is 0 Å². The van der Waals surface area contributed by atoms with E-state index in [-0.39, 0.29) is 4.70 Å². The Morgan fingerprint density at radius 1 is 0.700 bits per heavy atom. The van der Waals surface area contributed by atoms with Crippen LogP contribution in [-0.2, 0) is 0 Å². The highest BCUT2D eigenvalue weighted by molar-refractivity contribution is 4.74. The Kier molecular flexibility index (Phi) is 6.90. The summed E-state index contributed by atoms with van der Waals surface area (Å²) in [6.45, 7) is -1.62. The first-order chi connectivity index (χ1) is 4.24. The molecule has 0 unspecified atom stereocenters. The number of halogens is 1. The fourth-order valence-corrected chi connectivity index (χ4v) is 0.300. The SMILES string of the molecule is OCC(CO)(CO)CO.[F-]. The van der Waals surface area contributed by atoms with Gasteiger partial charge in [-0.2, -0.15) is 0 Å². The van der Waals surface area contributed by atoms with Gasteiger partial charge in [0.15, 0.2) is 0 Å². The highest BCUT2D eigenvalue weighted by Gasteiger charge is 2.26. The molecule has 0 aliphatic rings. The molecule has 0 aromatic rings. The van der Waals surface area contributed by atoms with E-state index in [0.29, 0.717) is 0 Å². The van der Waals surface area contributed by atoms with Crippen LogP contribution in [0.2, 0.25) is 0 Å². The van der Waals surface area contributed by atoms with Crippen molar-refractivity contribution in [3.8, 4) is 0 Å². The molecule has 0 aromatic heterocycles. The summed E-state index contributed by atoms with van der Waals surface area (Å²) >= 11 is 0. The Labute approximate surface area is 58.1 Å². The van der Waals surface area contributed by atoms with Gasteiger partial charge in [0.1, 0.15) is 0 Å². The molecule has 0 saturated heterocycles. The van der Waals surface area contributed by atoms with Crippen LogP contribution in [0.1, 0.15) is 0 Å². The highest BCUT2D eigenvalue weighted by Crippen LogP contribution is 2.11. The second kappa shape index (κ2) is 5.55. The van der Waals surface area contributed by atoms with E-state index in [0.717, 1.165) is 0 Å². The minimum Gasteiger partial charge on any atom is -1.00 e. The summed E-state index contributed by atoms with van der Waals surface area (Å²) in [7, 11) is 0. The number of hydrogen-bond donors (Lipinski definition) is 4. The standard InChI is InChI=1S/C5H12O4.FH/c6-1-5(2-7,3-8)4-9;/h6-9H,1-4H2;1H/p-1. The van der Waals surface area contributed by atoms with E-state index in [1.807, 2.05) is 0 Å². The molecule has 10 heavy (non-hydrogen) atoms. The summed E-state index contributed by atoms with van der Waals surface area (Å²) in [6, 6.07) is 0. The van der Waals surface area contributed by atoms with Crippen LogP contribution >= 0.6 is 0 Å². The second-order valence-electron chi connectivity index (χ2n) is 2.13. The fraction of sp³-hybridized carbons (Fsp3) is 1.00. The van der Waals surface area contributed by atoms with Gasteiger partial charge in [-0.25, -0.2) is 0 Å². The van der Waals surface area contributed by atoms with Crippen molar-refractivity contribution in [2.24, 2.45) is 5.41 Å². The van der Waals surface area contributed by atoms with Crippen molar-refractivity contribution in [3.63, 3.8) is 0 Å². The lowest BCUT2D eigenvalue weighted by Gasteiger charge is -2.23. The Hall–Kier alpha value is -0.230. The lowest BCUT2D eigenvalue weighted by Crippen LogP contribution is -3.00. The van der Waals surface area contributed by atoms with Crippen LogP contribution in [-0.4, -0.2) is 46.9 Å². The molecule has 0 atom stereocenters. The van der Waals surface area contributed by atoms with Crippen molar-refractivity contribution in [2.75, 3.05) is 26.4 Å². The maximum atomic E-state index is 8.50. The molecular formula is C5H12FO4-. The number of aliphatic hydroxyl groups is 4. The number of aliphatic hydroxyl groups excluding tert-OH is 4. The summed E-state index contributed by atoms with van der Waals surface area (Å²) in [5.41, 5.74) is -1.11. The monoisotopic (exact) mass is 155 g/mol. The predicted octanol–water partition coefficient (Wildman–Crippen LogP) is -5.05. The van der Waals surface area contributed by atoms with Crippen molar-refractivity contribution in [1.29, 1.82) is 0 Å². The quantitative estimate of drug-likeness (QED) is 0.327. The van der Waals surface area contributed by atoms with Gasteiger partial charge in [0.05, 0.1) is 31.8 Å². The Morgan fingerprint density at radius 3 is 0.900 bits per heavy atom. The molecule has 0 aliphatic heterocycles. The fourth-order valence-electron chi connectivity index (χ4n) is 0.300. The second-order valence-corrected chi connectivity index (χ2v) is 2.13. The summed E-state index contributed by atoms with van der Waals surface area (Å²) in [6.07, 6.45) is 0. The van der Waals surface area contributed by atoms with Gasteiger partial charge in [-0.15, -0.1) is 0 Å². The normalized spacial score (nSPS) is 10.8. The molecule has 0 amide bonds. The Bertz CT molecular complexity index is 56.5. The van der Waals surface area contributed by atoms with Gasteiger partial charge < -0.3 is 25.1 Å². The molecule has 0 saturated carbocycles. The van der Waals surface area contributed by atoms with E-state index in [4.69, 9.17) is 20.4 Å². The highest BCUT2D eigenvalue weighted by atomic mass is 19.0. The Morgan fingerprint density at radius 2 is 0.900 bits per heavy atom.